The zero-order valence-electron chi connectivity index (χ0n) is 12.2. The Morgan fingerprint density at radius 1 is 1.43 bits per heavy atom. The molecule has 5 heteroatoms. The van der Waals surface area contributed by atoms with Crippen LogP contribution in [0.2, 0.25) is 0 Å². The van der Waals surface area contributed by atoms with Gasteiger partial charge in [-0.2, -0.15) is 0 Å². The van der Waals surface area contributed by atoms with Gasteiger partial charge in [0.1, 0.15) is 0 Å². The molecule has 2 heterocycles. The number of aryl methyl sites for hydroxylation is 1. The van der Waals surface area contributed by atoms with Crippen molar-refractivity contribution in [3.63, 3.8) is 0 Å². The van der Waals surface area contributed by atoms with Crippen molar-refractivity contribution in [3.8, 4) is 0 Å². The normalized spacial score (nSPS) is 19.1. The van der Waals surface area contributed by atoms with Crippen LogP contribution in [0.3, 0.4) is 0 Å². The molecule has 1 atom stereocenters. The highest BCUT2D eigenvalue weighted by atomic mass is 32.1. The summed E-state index contributed by atoms with van der Waals surface area (Å²) in [6.07, 6.45) is 7.12. The van der Waals surface area contributed by atoms with Gasteiger partial charge in [0, 0.05) is 34.8 Å². The fourth-order valence-electron chi connectivity index (χ4n) is 2.67. The Labute approximate surface area is 129 Å². The van der Waals surface area contributed by atoms with Gasteiger partial charge in [0.15, 0.2) is 0 Å². The van der Waals surface area contributed by atoms with Crippen LogP contribution in [0, 0.1) is 6.92 Å². The van der Waals surface area contributed by atoms with Gasteiger partial charge < -0.3 is 10.0 Å². The number of likely N-dealkylation sites (tertiary alicyclic amines) is 1. The molecular formula is C16H21NO3S. The number of carbonyl (C=O) groups is 2. The Hall–Kier alpha value is -1.62. The minimum Gasteiger partial charge on any atom is -0.481 e. The molecule has 0 bridgehead atoms. The maximum atomic E-state index is 12.3. The van der Waals surface area contributed by atoms with Crippen molar-refractivity contribution in [2.24, 2.45) is 0 Å². The van der Waals surface area contributed by atoms with Gasteiger partial charge in [-0.15, -0.1) is 11.3 Å². The summed E-state index contributed by atoms with van der Waals surface area (Å²) in [6, 6.07) is 4.10. The fraction of sp³-hybridized carbons (Fsp3) is 0.500. The zero-order valence-corrected chi connectivity index (χ0v) is 13.1. The Morgan fingerprint density at radius 3 is 2.90 bits per heavy atom. The number of hydrogen-bond acceptors (Lipinski definition) is 3. The van der Waals surface area contributed by atoms with Crippen molar-refractivity contribution in [1.29, 1.82) is 0 Å². The number of rotatable bonds is 5. The highest BCUT2D eigenvalue weighted by molar-refractivity contribution is 7.12. The molecule has 0 spiro atoms. The Morgan fingerprint density at radius 2 is 2.24 bits per heavy atom. The van der Waals surface area contributed by atoms with Gasteiger partial charge in [-0.1, -0.05) is 0 Å². The van der Waals surface area contributed by atoms with E-state index >= 15 is 0 Å². The van der Waals surface area contributed by atoms with Crippen molar-refractivity contribution in [3.05, 3.63) is 28.0 Å². The van der Waals surface area contributed by atoms with Crippen LogP contribution < -0.4 is 0 Å². The van der Waals surface area contributed by atoms with Gasteiger partial charge >= 0.3 is 5.97 Å². The van der Waals surface area contributed by atoms with E-state index in [1.165, 1.54) is 4.88 Å². The van der Waals surface area contributed by atoms with Gasteiger partial charge in [0.05, 0.1) is 0 Å². The average Bonchev–Trinajstić information content (AvgIpc) is 2.88. The average molecular weight is 307 g/mol. The highest BCUT2D eigenvalue weighted by Gasteiger charge is 2.25. The van der Waals surface area contributed by atoms with Gasteiger partial charge in [-0.3, -0.25) is 9.59 Å². The van der Waals surface area contributed by atoms with E-state index in [0.717, 1.165) is 30.7 Å². The third-order valence-corrected chi connectivity index (χ3v) is 4.72. The lowest BCUT2D eigenvalue weighted by atomic mass is 9.98. The van der Waals surface area contributed by atoms with E-state index in [0.29, 0.717) is 6.42 Å². The molecule has 1 aliphatic heterocycles. The molecular weight excluding hydrogens is 286 g/mol. The minimum atomic E-state index is -0.794. The standard InChI is InChI=1S/C16H21NO3S/c1-12-5-7-14(21-12)8-9-15(18)17-11-3-2-4-13(17)6-10-16(19)20/h5,7-9,13H,2-4,6,10-11H2,1H3,(H,19,20). The molecule has 1 N–H and O–H groups in total. The van der Waals surface area contributed by atoms with Crippen molar-refractivity contribution in [2.75, 3.05) is 6.54 Å². The molecule has 0 aromatic carbocycles. The summed E-state index contributed by atoms with van der Waals surface area (Å²) < 4.78 is 0. The molecule has 114 valence electrons. The summed E-state index contributed by atoms with van der Waals surface area (Å²) >= 11 is 1.66. The third kappa shape index (κ3) is 4.70. The number of piperidine rings is 1. The van der Waals surface area contributed by atoms with E-state index < -0.39 is 5.97 Å². The molecule has 1 fully saturated rings. The fourth-order valence-corrected chi connectivity index (χ4v) is 3.45. The van der Waals surface area contributed by atoms with E-state index in [-0.39, 0.29) is 18.4 Å². The lowest BCUT2D eigenvalue weighted by Gasteiger charge is -2.35. The van der Waals surface area contributed by atoms with E-state index in [1.807, 2.05) is 30.0 Å². The maximum absolute atomic E-state index is 12.3. The van der Waals surface area contributed by atoms with E-state index in [2.05, 4.69) is 0 Å². The first-order chi connectivity index (χ1) is 10.1. The first-order valence-corrected chi connectivity index (χ1v) is 8.15. The van der Waals surface area contributed by atoms with Gasteiger partial charge in [-0.05, 0) is 50.8 Å². The second-order valence-electron chi connectivity index (χ2n) is 5.40. The van der Waals surface area contributed by atoms with Crippen molar-refractivity contribution >= 4 is 29.3 Å². The van der Waals surface area contributed by atoms with Crippen LogP contribution >= 0.6 is 11.3 Å². The summed E-state index contributed by atoms with van der Waals surface area (Å²) in [5.41, 5.74) is 0. The van der Waals surface area contributed by atoms with E-state index in [4.69, 9.17) is 5.11 Å². The van der Waals surface area contributed by atoms with Crippen LogP contribution in [0.15, 0.2) is 18.2 Å². The number of carbonyl (C=O) groups excluding carboxylic acids is 1. The number of amides is 1. The Balaban J connectivity index is 1.97. The lowest BCUT2D eigenvalue weighted by molar-refractivity contribution is -0.138. The number of thiophene rings is 1. The lowest BCUT2D eigenvalue weighted by Crippen LogP contribution is -2.43. The van der Waals surface area contributed by atoms with Crippen LogP contribution in [0.5, 0.6) is 0 Å². The van der Waals surface area contributed by atoms with E-state index in [1.54, 1.807) is 17.4 Å². The number of carboxylic acid groups (broad SMARTS) is 1. The van der Waals surface area contributed by atoms with Crippen LogP contribution in [-0.4, -0.2) is 34.5 Å². The molecule has 1 unspecified atom stereocenters. The zero-order chi connectivity index (χ0) is 15.2. The van der Waals surface area contributed by atoms with Crippen LogP contribution in [0.1, 0.15) is 41.9 Å². The molecule has 1 saturated heterocycles. The molecule has 21 heavy (non-hydrogen) atoms. The van der Waals surface area contributed by atoms with Crippen LogP contribution in [0.4, 0.5) is 0 Å². The number of carboxylic acids is 1. The molecule has 2 rings (SSSR count). The predicted molar refractivity (Wildman–Crippen MR) is 84.3 cm³/mol. The second-order valence-corrected chi connectivity index (χ2v) is 6.71. The first kappa shape index (κ1) is 15.8. The molecule has 4 nitrogen and oxygen atoms in total. The summed E-state index contributed by atoms with van der Waals surface area (Å²) in [4.78, 5) is 27.2. The predicted octanol–water partition coefficient (Wildman–Crippen LogP) is 3.32. The number of hydrogen-bond donors (Lipinski definition) is 1. The van der Waals surface area contributed by atoms with Gasteiger partial charge in [-0.25, -0.2) is 0 Å². The van der Waals surface area contributed by atoms with Crippen LogP contribution in [-0.2, 0) is 9.59 Å². The summed E-state index contributed by atoms with van der Waals surface area (Å²) in [7, 11) is 0. The molecule has 0 radical (unpaired) electrons. The molecule has 1 amide bonds. The van der Waals surface area contributed by atoms with Crippen molar-refractivity contribution in [1.82, 2.24) is 4.90 Å². The molecule has 1 aromatic heterocycles. The second kappa shape index (κ2) is 7.41. The molecule has 0 saturated carbocycles. The quantitative estimate of drug-likeness (QED) is 0.849. The highest BCUT2D eigenvalue weighted by Crippen LogP contribution is 2.22. The third-order valence-electron chi connectivity index (χ3n) is 3.75. The maximum Gasteiger partial charge on any atom is 0.303 e. The van der Waals surface area contributed by atoms with Crippen molar-refractivity contribution in [2.45, 2.75) is 45.1 Å². The van der Waals surface area contributed by atoms with Gasteiger partial charge in [0.2, 0.25) is 5.91 Å². The summed E-state index contributed by atoms with van der Waals surface area (Å²) in [6.45, 7) is 2.77. The van der Waals surface area contributed by atoms with Crippen molar-refractivity contribution < 1.29 is 14.7 Å². The molecule has 1 aromatic rings. The summed E-state index contributed by atoms with van der Waals surface area (Å²) in [5, 5.41) is 8.81. The Bertz CT molecular complexity index is 535. The first-order valence-electron chi connectivity index (χ1n) is 7.33. The minimum absolute atomic E-state index is 0.00357. The number of aliphatic carboxylic acids is 1. The monoisotopic (exact) mass is 307 g/mol. The smallest absolute Gasteiger partial charge is 0.303 e. The largest absolute Gasteiger partial charge is 0.481 e. The SMILES string of the molecule is Cc1ccc(C=CC(=O)N2CCCCC2CCC(=O)O)s1. The molecule has 0 aliphatic carbocycles. The Kier molecular flexibility index (Phi) is 5.56. The van der Waals surface area contributed by atoms with Gasteiger partial charge in [0.25, 0.3) is 0 Å². The summed E-state index contributed by atoms with van der Waals surface area (Å²) in [5.74, 6) is -0.797. The van der Waals surface area contributed by atoms with E-state index in [9.17, 15) is 9.59 Å². The topological polar surface area (TPSA) is 57.6 Å². The number of nitrogens with zero attached hydrogens (tertiary/aromatic N) is 1. The van der Waals surface area contributed by atoms with Crippen LogP contribution in [0.25, 0.3) is 6.08 Å². The molecule has 1 aliphatic rings.